The van der Waals surface area contributed by atoms with Crippen LogP contribution in [0.3, 0.4) is 0 Å². The molecule has 2 saturated heterocycles. The summed E-state index contributed by atoms with van der Waals surface area (Å²) in [5.74, 6) is -0.806. The first kappa shape index (κ1) is 31.2. The molecule has 2 aliphatic heterocycles. The van der Waals surface area contributed by atoms with E-state index in [-0.39, 0.29) is 45.9 Å². The van der Waals surface area contributed by atoms with Crippen LogP contribution in [-0.2, 0) is 6.18 Å². The molecule has 1 amide bonds. The van der Waals surface area contributed by atoms with E-state index in [2.05, 4.69) is 21.4 Å². The Balaban J connectivity index is 1.04. The van der Waals surface area contributed by atoms with Gasteiger partial charge in [-0.1, -0.05) is 31.2 Å². The summed E-state index contributed by atoms with van der Waals surface area (Å²) in [4.78, 5) is 21.3. The van der Waals surface area contributed by atoms with Crippen molar-refractivity contribution in [3.05, 3.63) is 89.1 Å². The minimum atomic E-state index is -4.36. The monoisotopic (exact) mass is 648 g/mol. The predicted octanol–water partition coefficient (Wildman–Crippen LogP) is 7.58. The van der Waals surface area contributed by atoms with Gasteiger partial charge in [-0.15, -0.1) is 0 Å². The zero-order valence-electron chi connectivity index (χ0n) is 26.1. The first-order chi connectivity index (χ1) is 22.5. The molecule has 11 heteroatoms. The molecule has 0 radical (unpaired) electrons. The standard InChI is InChI=1S/C36H36F4N4O3/c1-21-16-28(37)26-18-31(34(46-2)42-32(21)26)47-30-17-22(10-11-25(30)33(41)45)43-14-12-35(13-15-43)19-44(20-35)29-9-5-7-24(29)23-6-3-4-8-27(23)36(38,39)40/h3-4,6,8,10-11,16-18,24,29H,1,5,7,9,12-15,19-20H2,2H3,(H2,41,45). The van der Waals surface area contributed by atoms with Crippen molar-refractivity contribution in [3.63, 3.8) is 0 Å². The molecule has 1 spiro atoms. The van der Waals surface area contributed by atoms with Crippen molar-refractivity contribution in [2.75, 3.05) is 38.2 Å². The predicted molar refractivity (Wildman–Crippen MR) is 171 cm³/mol. The maximum Gasteiger partial charge on any atom is 0.416 e. The zero-order valence-corrected chi connectivity index (χ0v) is 26.1. The SMILES string of the molecule is C=C1C=C(F)c2cc(Oc3cc(N4CCC5(CC4)CN(C4CCCC4c4ccccc4C(F)(F)F)C5)ccc3C(N)=O)c(OC)nc21. The number of methoxy groups -OCH3 is 1. The van der Waals surface area contributed by atoms with Crippen LogP contribution in [0.1, 0.15) is 70.8 Å². The van der Waals surface area contributed by atoms with Gasteiger partial charge < -0.3 is 20.1 Å². The minimum absolute atomic E-state index is 0.113. The first-order valence-electron chi connectivity index (χ1n) is 15.9. The third kappa shape index (κ3) is 5.64. The number of alkyl halides is 3. The van der Waals surface area contributed by atoms with Gasteiger partial charge in [0.15, 0.2) is 5.75 Å². The number of benzene rings is 2. The van der Waals surface area contributed by atoms with Crippen LogP contribution in [0.5, 0.6) is 17.4 Å². The van der Waals surface area contributed by atoms with Crippen LogP contribution >= 0.6 is 0 Å². The summed E-state index contributed by atoms with van der Waals surface area (Å²) in [6, 6.07) is 12.9. The summed E-state index contributed by atoms with van der Waals surface area (Å²) < 4.78 is 67.5. The van der Waals surface area contributed by atoms with Crippen LogP contribution < -0.4 is 20.1 Å². The van der Waals surface area contributed by atoms with Gasteiger partial charge in [0.2, 0.25) is 0 Å². The summed E-state index contributed by atoms with van der Waals surface area (Å²) in [7, 11) is 1.42. The highest BCUT2D eigenvalue weighted by Crippen LogP contribution is 2.50. The minimum Gasteiger partial charge on any atom is -0.478 e. The van der Waals surface area contributed by atoms with E-state index in [1.807, 2.05) is 6.07 Å². The Morgan fingerprint density at radius 2 is 1.81 bits per heavy atom. The number of likely N-dealkylation sites (tertiary alicyclic amines) is 1. The highest BCUT2D eigenvalue weighted by molar-refractivity contribution is 5.96. The third-order valence-electron chi connectivity index (χ3n) is 10.3. The topological polar surface area (TPSA) is 80.9 Å². The third-order valence-corrected chi connectivity index (χ3v) is 10.3. The molecule has 3 fully saturated rings. The van der Waals surface area contributed by atoms with E-state index in [9.17, 15) is 22.4 Å². The molecule has 47 heavy (non-hydrogen) atoms. The number of nitrogens with zero attached hydrogens (tertiary/aromatic N) is 3. The Labute approximate surface area is 270 Å². The Bertz CT molecular complexity index is 1770. The molecule has 2 atom stereocenters. The molecular weight excluding hydrogens is 612 g/mol. The lowest BCUT2D eigenvalue weighted by atomic mass is 9.70. The molecule has 3 heterocycles. The highest BCUT2D eigenvalue weighted by Gasteiger charge is 2.50. The molecule has 4 aliphatic rings. The van der Waals surface area contributed by atoms with Gasteiger partial charge in [-0.2, -0.15) is 13.2 Å². The van der Waals surface area contributed by atoms with E-state index in [0.717, 1.165) is 64.0 Å². The quantitative estimate of drug-likeness (QED) is 0.266. The van der Waals surface area contributed by atoms with E-state index in [4.69, 9.17) is 15.2 Å². The Kier molecular flexibility index (Phi) is 7.77. The number of ether oxygens (including phenoxy) is 2. The number of primary amides is 1. The molecule has 2 aliphatic carbocycles. The summed E-state index contributed by atoms with van der Waals surface area (Å²) >= 11 is 0. The second kappa shape index (κ2) is 11.7. The van der Waals surface area contributed by atoms with Crippen molar-refractivity contribution in [2.45, 2.75) is 50.2 Å². The Hall–Kier alpha value is -4.38. The number of rotatable bonds is 7. The van der Waals surface area contributed by atoms with E-state index in [0.29, 0.717) is 16.8 Å². The number of halogens is 4. The number of carbonyl (C=O) groups is 1. The normalized spacial score (nSPS) is 22.2. The molecular formula is C36H36F4N4O3. The van der Waals surface area contributed by atoms with Crippen LogP contribution in [0.4, 0.5) is 23.2 Å². The van der Waals surface area contributed by atoms with Gasteiger partial charge in [0.05, 0.1) is 23.9 Å². The van der Waals surface area contributed by atoms with E-state index < -0.39 is 23.5 Å². The van der Waals surface area contributed by atoms with Crippen molar-refractivity contribution in [3.8, 4) is 17.4 Å². The van der Waals surface area contributed by atoms with Crippen LogP contribution in [0.2, 0.25) is 0 Å². The molecule has 246 valence electrons. The maximum atomic E-state index is 14.5. The number of hydrogen-bond acceptors (Lipinski definition) is 6. The number of amides is 1. The number of anilines is 1. The van der Waals surface area contributed by atoms with Gasteiger partial charge in [-0.05, 0) is 72.6 Å². The van der Waals surface area contributed by atoms with Crippen molar-refractivity contribution >= 4 is 23.0 Å². The smallest absolute Gasteiger partial charge is 0.416 e. The number of hydrogen-bond donors (Lipinski definition) is 1. The molecule has 1 saturated carbocycles. The fraction of sp³-hybridized carbons (Fsp3) is 0.389. The van der Waals surface area contributed by atoms with Crippen molar-refractivity contribution in [1.82, 2.24) is 9.88 Å². The van der Waals surface area contributed by atoms with E-state index >= 15 is 0 Å². The van der Waals surface area contributed by atoms with Gasteiger partial charge in [0, 0.05) is 55.5 Å². The number of fused-ring (bicyclic) bond motifs is 1. The zero-order chi connectivity index (χ0) is 33.1. The second-order valence-corrected chi connectivity index (χ2v) is 13.1. The molecule has 7 rings (SSSR count). The number of nitrogens with two attached hydrogens (primary N) is 1. The fourth-order valence-electron chi connectivity index (χ4n) is 7.96. The van der Waals surface area contributed by atoms with Crippen molar-refractivity contribution in [2.24, 2.45) is 11.1 Å². The van der Waals surface area contributed by atoms with Crippen molar-refractivity contribution in [1.29, 1.82) is 0 Å². The van der Waals surface area contributed by atoms with Gasteiger partial charge in [0.25, 0.3) is 11.8 Å². The molecule has 1 aromatic heterocycles. The van der Waals surface area contributed by atoms with E-state index in [1.54, 1.807) is 24.3 Å². The molecule has 7 nitrogen and oxygen atoms in total. The molecule has 2 aromatic carbocycles. The van der Waals surface area contributed by atoms with Crippen LogP contribution in [-0.4, -0.2) is 55.1 Å². The summed E-state index contributed by atoms with van der Waals surface area (Å²) in [5, 5.41) is 0. The number of pyridine rings is 1. The first-order valence-corrected chi connectivity index (χ1v) is 15.9. The van der Waals surface area contributed by atoms with Gasteiger partial charge in [0.1, 0.15) is 11.6 Å². The number of aromatic nitrogens is 1. The maximum absolute atomic E-state index is 14.5. The molecule has 0 bridgehead atoms. The summed E-state index contributed by atoms with van der Waals surface area (Å²) in [5.41, 5.74) is 7.76. The Morgan fingerprint density at radius 1 is 1.06 bits per heavy atom. The highest BCUT2D eigenvalue weighted by atomic mass is 19.4. The largest absolute Gasteiger partial charge is 0.478 e. The van der Waals surface area contributed by atoms with Gasteiger partial charge >= 0.3 is 6.18 Å². The summed E-state index contributed by atoms with van der Waals surface area (Å²) in [6.07, 6.45) is 1.42. The van der Waals surface area contributed by atoms with Crippen molar-refractivity contribution < 1.29 is 31.8 Å². The average Bonchev–Trinajstić information content (AvgIpc) is 3.62. The van der Waals surface area contributed by atoms with E-state index in [1.165, 1.54) is 31.4 Å². The number of carbonyl (C=O) groups excluding carboxylic acids is 1. The number of allylic oxidation sites excluding steroid dienone is 2. The average molecular weight is 649 g/mol. The van der Waals surface area contributed by atoms with Gasteiger partial charge in [-0.3, -0.25) is 9.69 Å². The van der Waals surface area contributed by atoms with Crippen LogP contribution in [0, 0.1) is 5.41 Å². The summed E-state index contributed by atoms with van der Waals surface area (Å²) in [6.45, 7) is 7.14. The second-order valence-electron chi connectivity index (χ2n) is 13.1. The molecule has 2 N–H and O–H groups in total. The number of piperidine rings is 1. The Morgan fingerprint density at radius 3 is 2.51 bits per heavy atom. The lowest BCUT2D eigenvalue weighted by Gasteiger charge is -2.57. The van der Waals surface area contributed by atoms with Crippen LogP contribution in [0.15, 0.2) is 61.2 Å². The van der Waals surface area contributed by atoms with Gasteiger partial charge in [-0.25, -0.2) is 9.37 Å². The molecule has 2 unspecified atom stereocenters. The van der Waals surface area contributed by atoms with Crippen LogP contribution in [0.25, 0.3) is 11.4 Å². The lowest BCUT2D eigenvalue weighted by molar-refractivity contribution is -0.138. The fourth-order valence-corrected chi connectivity index (χ4v) is 7.96. The lowest BCUT2D eigenvalue weighted by Crippen LogP contribution is -2.63. The molecule has 3 aromatic rings.